The second-order valence-corrected chi connectivity index (χ2v) is 6.84. The molecular formula is C18H23ClN2O4S. The summed E-state index contributed by atoms with van der Waals surface area (Å²) in [5.41, 5.74) is 1.29. The number of likely N-dealkylation sites (N-methyl/N-ethyl adjacent to an activating group) is 1. The Morgan fingerprint density at radius 1 is 1.35 bits per heavy atom. The van der Waals surface area contributed by atoms with Gasteiger partial charge in [0.05, 0.1) is 24.2 Å². The van der Waals surface area contributed by atoms with Crippen molar-refractivity contribution in [2.75, 3.05) is 33.4 Å². The van der Waals surface area contributed by atoms with E-state index in [1.165, 1.54) is 11.3 Å². The highest BCUT2D eigenvalue weighted by molar-refractivity contribution is 7.13. The molecule has 1 N–H and O–H groups in total. The van der Waals surface area contributed by atoms with Crippen molar-refractivity contribution in [2.45, 2.75) is 20.3 Å². The van der Waals surface area contributed by atoms with E-state index in [1.807, 2.05) is 6.07 Å². The van der Waals surface area contributed by atoms with Crippen molar-refractivity contribution >= 4 is 28.9 Å². The molecule has 142 valence electrons. The van der Waals surface area contributed by atoms with Gasteiger partial charge in [0.1, 0.15) is 11.6 Å². The number of methoxy groups -OCH3 is 1. The molecule has 0 aliphatic heterocycles. The molecule has 0 aliphatic rings. The van der Waals surface area contributed by atoms with Crippen LogP contribution < -0.4 is 9.47 Å². The quantitative estimate of drug-likeness (QED) is 0.656. The van der Waals surface area contributed by atoms with Gasteiger partial charge in [-0.1, -0.05) is 25.4 Å². The first-order valence-corrected chi connectivity index (χ1v) is 9.63. The first kappa shape index (κ1) is 20.5. The fourth-order valence-corrected chi connectivity index (χ4v) is 3.55. The van der Waals surface area contributed by atoms with E-state index >= 15 is 0 Å². The lowest BCUT2D eigenvalue weighted by Gasteiger charge is -2.19. The van der Waals surface area contributed by atoms with Gasteiger partial charge in [0.25, 0.3) is 0 Å². The Hall–Kier alpha value is -1.83. The van der Waals surface area contributed by atoms with E-state index < -0.39 is 5.97 Å². The fourth-order valence-electron chi connectivity index (χ4n) is 2.48. The maximum absolute atomic E-state index is 10.8. The Morgan fingerprint density at radius 2 is 2.08 bits per heavy atom. The molecule has 0 unspecified atom stereocenters. The number of aliphatic carboxylic acids is 1. The monoisotopic (exact) mass is 398 g/mol. The fraction of sp³-hybridized carbons (Fsp3) is 0.444. The van der Waals surface area contributed by atoms with Crippen LogP contribution in [0.5, 0.6) is 11.5 Å². The first-order chi connectivity index (χ1) is 12.5. The third-order valence-corrected chi connectivity index (χ3v) is 5.13. The van der Waals surface area contributed by atoms with E-state index in [9.17, 15) is 4.79 Å². The molecule has 0 atom stereocenters. The van der Waals surface area contributed by atoms with Gasteiger partial charge in [0.2, 0.25) is 0 Å². The SMILES string of the molecule is CCN(CC)CCOc1c(Cl)cc(-c2nc(CC(=O)O)cs2)cc1OC. The van der Waals surface area contributed by atoms with Crippen molar-refractivity contribution in [3.63, 3.8) is 0 Å². The summed E-state index contributed by atoms with van der Waals surface area (Å²) in [6.45, 7) is 7.46. The van der Waals surface area contributed by atoms with Gasteiger partial charge < -0.3 is 19.5 Å². The average molecular weight is 399 g/mol. The van der Waals surface area contributed by atoms with Crippen LogP contribution in [0.3, 0.4) is 0 Å². The van der Waals surface area contributed by atoms with E-state index in [0.717, 1.165) is 25.2 Å². The van der Waals surface area contributed by atoms with E-state index in [4.69, 9.17) is 26.2 Å². The summed E-state index contributed by atoms with van der Waals surface area (Å²) in [5, 5.41) is 11.7. The van der Waals surface area contributed by atoms with Crippen molar-refractivity contribution < 1.29 is 19.4 Å². The summed E-state index contributed by atoms with van der Waals surface area (Å²) >= 11 is 7.77. The minimum absolute atomic E-state index is 0.103. The summed E-state index contributed by atoms with van der Waals surface area (Å²) in [7, 11) is 1.56. The number of hydrogen-bond donors (Lipinski definition) is 1. The summed E-state index contributed by atoms with van der Waals surface area (Å²) in [4.78, 5) is 17.4. The summed E-state index contributed by atoms with van der Waals surface area (Å²) < 4.78 is 11.3. The molecule has 8 heteroatoms. The van der Waals surface area contributed by atoms with E-state index in [1.54, 1.807) is 18.6 Å². The molecule has 6 nitrogen and oxygen atoms in total. The third kappa shape index (κ3) is 5.33. The van der Waals surface area contributed by atoms with Gasteiger partial charge >= 0.3 is 5.97 Å². The summed E-state index contributed by atoms with van der Waals surface area (Å²) in [6.07, 6.45) is -0.103. The predicted octanol–water partition coefficient (Wildman–Crippen LogP) is 3.82. The van der Waals surface area contributed by atoms with Crippen LogP contribution in [0.2, 0.25) is 5.02 Å². The highest BCUT2D eigenvalue weighted by Crippen LogP contribution is 2.40. The molecule has 2 rings (SSSR count). The van der Waals surface area contributed by atoms with E-state index in [-0.39, 0.29) is 6.42 Å². The lowest BCUT2D eigenvalue weighted by atomic mass is 10.2. The van der Waals surface area contributed by atoms with Crippen molar-refractivity contribution in [1.29, 1.82) is 0 Å². The highest BCUT2D eigenvalue weighted by Gasteiger charge is 2.16. The topological polar surface area (TPSA) is 71.9 Å². The number of carbonyl (C=O) groups is 1. The molecule has 0 saturated heterocycles. The number of thiazole rings is 1. The standard InChI is InChI=1S/C18H23ClN2O4S/c1-4-21(5-2)6-7-25-17-14(19)8-12(9-15(17)24-3)18-20-13(11-26-18)10-16(22)23/h8-9,11H,4-7,10H2,1-3H3,(H,22,23). The molecule has 1 aromatic carbocycles. The van der Waals surface area contributed by atoms with Gasteiger partial charge in [-0.25, -0.2) is 4.98 Å². The molecule has 0 bridgehead atoms. The number of halogens is 1. The molecule has 0 aliphatic carbocycles. The molecule has 1 heterocycles. The molecule has 0 saturated carbocycles. The van der Waals surface area contributed by atoms with Crippen LogP contribution in [0.15, 0.2) is 17.5 Å². The van der Waals surface area contributed by atoms with Gasteiger partial charge in [-0.05, 0) is 25.2 Å². The van der Waals surface area contributed by atoms with Crippen LogP contribution >= 0.6 is 22.9 Å². The normalized spacial score (nSPS) is 11.0. The van der Waals surface area contributed by atoms with Crippen LogP contribution in [-0.4, -0.2) is 54.3 Å². The lowest BCUT2D eigenvalue weighted by Crippen LogP contribution is -2.28. The van der Waals surface area contributed by atoms with Crippen molar-refractivity contribution in [2.24, 2.45) is 0 Å². The molecule has 0 fully saturated rings. The summed E-state index contributed by atoms with van der Waals surface area (Å²) in [5.74, 6) is 0.129. The maximum atomic E-state index is 10.8. The van der Waals surface area contributed by atoms with E-state index in [2.05, 4.69) is 23.7 Å². The van der Waals surface area contributed by atoms with Crippen molar-refractivity contribution in [3.05, 3.63) is 28.2 Å². The van der Waals surface area contributed by atoms with Crippen molar-refractivity contribution in [1.82, 2.24) is 9.88 Å². The molecule has 1 aromatic heterocycles. The Morgan fingerprint density at radius 3 is 2.69 bits per heavy atom. The largest absolute Gasteiger partial charge is 0.493 e. The average Bonchev–Trinajstić information content (AvgIpc) is 3.07. The number of hydrogen-bond acceptors (Lipinski definition) is 6. The number of benzene rings is 1. The number of aromatic nitrogens is 1. The Bertz CT molecular complexity index is 747. The van der Waals surface area contributed by atoms with Gasteiger partial charge in [0.15, 0.2) is 11.5 Å². The van der Waals surface area contributed by atoms with E-state index in [0.29, 0.717) is 33.8 Å². The summed E-state index contributed by atoms with van der Waals surface area (Å²) in [6, 6.07) is 3.57. The molecule has 0 radical (unpaired) electrons. The highest BCUT2D eigenvalue weighted by atomic mass is 35.5. The third-order valence-electron chi connectivity index (χ3n) is 3.91. The van der Waals surface area contributed by atoms with Crippen LogP contribution in [-0.2, 0) is 11.2 Å². The predicted molar refractivity (Wildman–Crippen MR) is 104 cm³/mol. The minimum atomic E-state index is -0.908. The Balaban J connectivity index is 2.18. The van der Waals surface area contributed by atoms with Gasteiger partial charge in [-0.2, -0.15) is 0 Å². The Labute approximate surface area is 162 Å². The first-order valence-electron chi connectivity index (χ1n) is 8.37. The van der Waals surface area contributed by atoms with Crippen LogP contribution in [0.25, 0.3) is 10.6 Å². The van der Waals surface area contributed by atoms with Crippen LogP contribution in [0.4, 0.5) is 0 Å². The number of carboxylic acid groups (broad SMARTS) is 1. The number of nitrogens with zero attached hydrogens (tertiary/aromatic N) is 2. The zero-order valence-electron chi connectivity index (χ0n) is 15.1. The second-order valence-electron chi connectivity index (χ2n) is 5.58. The van der Waals surface area contributed by atoms with Crippen LogP contribution in [0, 0.1) is 0 Å². The molecule has 2 aromatic rings. The number of carboxylic acids is 1. The minimum Gasteiger partial charge on any atom is -0.493 e. The van der Waals surface area contributed by atoms with Gasteiger partial charge in [0, 0.05) is 17.5 Å². The van der Waals surface area contributed by atoms with Gasteiger partial charge in [-0.15, -0.1) is 11.3 Å². The van der Waals surface area contributed by atoms with Crippen LogP contribution in [0.1, 0.15) is 19.5 Å². The molecule has 26 heavy (non-hydrogen) atoms. The zero-order valence-corrected chi connectivity index (χ0v) is 16.7. The zero-order chi connectivity index (χ0) is 19.1. The number of ether oxygens (including phenoxy) is 2. The second kappa shape index (κ2) is 9.75. The number of rotatable bonds is 10. The molecular weight excluding hydrogens is 376 g/mol. The Kier molecular flexibility index (Phi) is 7.68. The van der Waals surface area contributed by atoms with Gasteiger partial charge in [-0.3, -0.25) is 4.79 Å². The molecule has 0 amide bonds. The maximum Gasteiger partial charge on any atom is 0.309 e. The lowest BCUT2D eigenvalue weighted by molar-refractivity contribution is -0.136. The smallest absolute Gasteiger partial charge is 0.309 e. The molecule has 0 spiro atoms. The van der Waals surface area contributed by atoms with Crippen molar-refractivity contribution in [3.8, 4) is 22.1 Å².